The van der Waals surface area contributed by atoms with Crippen LogP contribution < -0.4 is 10.1 Å². The first-order chi connectivity index (χ1) is 9.58. The second-order valence-electron chi connectivity index (χ2n) is 4.70. The smallest absolute Gasteiger partial charge is 0.124 e. The van der Waals surface area contributed by atoms with Crippen LogP contribution in [0.5, 0.6) is 5.75 Å². The minimum Gasteiger partial charge on any atom is -0.496 e. The predicted octanol–water partition coefficient (Wildman–Crippen LogP) is 4.85. The third-order valence-corrected chi connectivity index (χ3v) is 4.02. The maximum Gasteiger partial charge on any atom is 0.124 e. The lowest BCUT2D eigenvalue weighted by molar-refractivity contribution is 0.406. The van der Waals surface area contributed by atoms with E-state index in [-0.39, 0.29) is 11.9 Å². The lowest BCUT2D eigenvalue weighted by atomic mass is 10.0. The topological polar surface area (TPSA) is 21.3 Å². The van der Waals surface area contributed by atoms with Crippen molar-refractivity contribution >= 4 is 28.9 Å². The van der Waals surface area contributed by atoms with Crippen molar-refractivity contribution < 1.29 is 9.13 Å². The summed E-state index contributed by atoms with van der Waals surface area (Å²) in [7, 11) is 1.57. The molecule has 1 atom stereocenters. The molecule has 0 saturated carbocycles. The highest BCUT2D eigenvalue weighted by Crippen LogP contribution is 2.42. The van der Waals surface area contributed by atoms with Gasteiger partial charge in [-0.05, 0) is 35.9 Å². The molecule has 0 bridgehead atoms. The van der Waals surface area contributed by atoms with Crippen LogP contribution in [-0.2, 0) is 6.42 Å². The zero-order chi connectivity index (χ0) is 14.3. The van der Waals surface area contributed by atoms with Crippen LogP contribution in [0.25, 0.3) is 0 Å². The molecule has 0 amide bonds. The normalized spacial score (nSPS) is 16.7. The van der Waals surface area contributed by atoms with E-state index in [9.17, 15) is 4.39 Å². The van der Waals surface area contributed by atoms with E-state index in [0.29, 0.717) is 22.2 Å². The van der Waals surface area contributed by atoms with Crippen LogP contribution in [0.3, 0.4) is 0 Å². The Balaban J connectivity index is 2.00. The summed E-state index contributed by atoms with van der Waals surface area (Å²) in [5.41, 5.74) is 2.65. The SMILES string of the molecule is COc1ccc(F)cc1C1Cc2c(Cl)cc(Cl)cc2N1. The van der Waals surface area contributed by atoms with Crippen LogP contribution in [0.1, 0.15) is 17.2 Å². The lowest BCUT2D eigenvalue weighted by Gasteiger charge is -2.15. The molecule has 0 aliphatic carbocycles. The summed E-state index contributed by atoms with van der Waals surface area (Å²) in [6.45, 7) is 0. The maximum absolute atomic E-state index is 13.5. The van der Waals surface area contributed by atoms with Gasteiger partial charge in [0.25, 0.3) is 0 Å². The van der Waals surface area contributed by atoms with Crippen LogP contribution in [0, 0.1) is 5.82 Å². The number of fused-ring (bicyclic) bond motifs is 1. The summed E-state index contributed by atoms with van der Waals surface area (Å²) < 4.78 is 18.8. The van der Waals surface area contributed by atoms with E-state index in [1.54, 1.807) is 19.2 Å². The van der Waals surface area contributed by atoms with E-state index in [1.165, 1.54) is 12.1 Å². The van der Waals surface area contributed by atoms with Crippen molar-refractivity contribution in [3.05, 3.63) is 57.3 Å². The molecule has 2 nitrogen and oxygen atoms in total. The Morgan fingerprint density at radius 2 is 2.05 bits per heavy atom. The minimum atomic E-state index is -0.289. The zero-order valence-electron chi connectivity index (χ0n) is 10.7. The molecule has 1 aliphatic heterocycles. The Morgan fingerprint density at radius 3 is 2.80 bits per heavy atom. The number of rotatable bonds is 2. The number of nitrogens with one attached hydrogen (secondary N) is 1. The molecule has 1 heterocycles. The Bertz CT molecular complexity index is 675. The molecule has 2 aromatic rings. The van der Waals surface area contributed by atoms with Crippen LogP contribution in [0.4, 0.5) is 10.1 Å². The second-order valence-corrected chi connectivity index (χ2v) is 5.54. The van der Waals surface area contributed by atoms with Crippen LogP contribution in [0.2, 0.25) is 10.0 Å². The molecule has 5 heteroatoms. The molecular weight excluding hydrogens is 300 g/mol. The van der Waals surface area contributed by atoms with Crippen molar-refractivity contribution in [2.75, 3.05) is 12.4 Å². The van der Waals surface area contributed by atoms with Gasteiger partial charge in [0.2, 0.25) is 0 Å². The fourth-order valence-corrected chi connectivity index (χ4v) is 3.12. The van der Waals surface area contributed by atoms with Gasteiger partial charge < -0.3 is 10.1 Å². The molecule has 1 N–H and O–H groups in total. The third-order valence-electron chi connectivity index (χ3n) is 3.47. The van der Waals surface area contributed by atoms with Gasteiger partial charge in [0.15, 0.2) is 0 Å². The number of methoxy groups -OCH3 is 1. The molecule has 2 aromatic carbocycles. The highest BCUT2D eigenvalue weighted by atomic mass is 35.5. The van der Waals surface area contributed by atoms with Gasteiger partial charge in [-0.3, -0.25) is 0 Å². The fourth-order valence-electron chi connectivity index (χ4n) is 2.55. The number of benzene rings is 2. The Morgan fingerprint density at radius 1 is 1.25 bits per heavy atom. The van der Waals surface area contributed by atoms with E-state index in [1.807, 2.05) is 6.07 Å². The lowest BCUT2D eigenvalue weighted by Crippen LogP contribution is -2.08. The summed E-state index contributed by atoms with van der Waals surface area (Å²) in [5.74, 6) is 0.363. The number of hydrogen-bond acceptors (Lipinski definition) is 2. The molecule has 1 unspecified atom stereocenters. The van der Waals surface area contributed by atoms with Crippen LogP contribution >= 0.6 is 23.2 Å². The van der Waals surface area contributed by atoms with E-state index in [4.69, 9.17) is 27.9 Å². The van der Waals surface area contributed by atoms with Crippen molar-refractivity contribution in [2.45, 2.75) is 12.5 Å². The van der Waals surface area contributed by atoms with Gasteiger partial charge >= 0.3 is 0 Å². The molecule has 0 fully saturated rings. The standard InChI is InChI=1S/C15H12Cl2FNO/c1-20-15-3-2-9(18)6-11(15)14-7-10-12(17)4-8(16)5-13(10)19-14/h2-6,14,19H,7H2,1H3. The molecular formula is C15H12Cl2FNO. The molecule has 0 saturated heterocycles. The number of ether oxygens (including phenoxy) is 1. The summed E-state index contributed by atoms with van der Waals surface area (Å²) in [5, 5.41) is 4.52. The highest BCUT2D eigenvalue weighted by Gasteiger charge is 2.27. The highest BCUT2D eigenvalue weighted by molar-refractivity contribution is 6.35. The first-order valence-corrected chi connectivity index (χ1v) is 6.92. The first-order valence-electron chi connectivity index (χ1n) is 6.16. The van der Waals surface area contributed by atoms with E-state index >= 15 is 0 Å². The largest absolute Gasteiger partial charge is 0.496 e. The number of anilines is 1. The van der Waals surface area contributed by atoms with Crippen LogP contribution in [-0.4, -0.2) is 7.11 Å². The Kier molecular flexibility index (Phi) is 3.48. The summed E-state index contributed by atoms with van der Waals surface area (Å²) in [4.78, 5) is 0. The van der Waals surface area contributed by atoms with Gasteiger partial charge in [-0.25, -0.2) is 4.39 Å². The quantitative estimate of drug-likeness (QED) is 0.856. The zero-order valence-corrected chi connectivity index (χ0v) is 12.2. The predicted molar refractivity (Wildman–Crippen MR) is 79.5 cm³/mol. The van der Waals surface area contributed by atoms with Crippen molar-refractivity contribution in [3.8, 4) is 5.75 Å². The van der Waals surface area contributed by atoms with E-state index in [2.05, 4.69) is 5.32 Å². The van der Waals surface area contributed by atoms with Gasteiger partial charge in [-0.1, -0.05) is 23.2 Å². The Hall–Kier alpha value is -1.45. The van der Waals surface area contributed by atoms with Gasteiger partial charge in [-0.2, -0.15) is 0 Å². The van der Waals surface area contributed by atoms with Gasteiger partial charge in [0, 0.05) is 27.7 Å². The van der Waals surface area contributed by atoms with E-state index < -0.39 is 0 Å². The van der Waals surface area contributed by atoms with Crippen molar-refractivity contribution in [3.63, 3.8) is 0 Å². The van der Waals surface area contributed by atoms with E-state index in [0.717, 1.165) is 16.8 Å². The molecule has 20 heavy (non-hydrogen) atoms. The molecule has 0 aromatic heterocycles. The average Bonchev–Trinajstić information content (AvgIpc) is 2.82. The summed E-state index contributed by atoms with van der Waals surface area (Å²) in [6, 6.07) is 7.96. The number of halogens is 3. The maximum atomic E-state index is 13.5. The third kappa shape index (κ3) is 2.32. The van der Waals surface area contributed by atoms with Gasteiger partial charge in [0.1, 0.15) is 11.6 Å². The molecule has 3 rings (SSSR count). The number of hydrogen-bond donors (Lipinski definition) is 1. The molecule has 0 radical (unpaired) electrons. The molecule has 104 valence electrons. The molecule has 0 spiro atoms. The fraction of sp³-hybridized carbons (Fsp3) is 0.200. The van der Waals surface area contributed by atoms with Gasteiger partial charge in [0.05, 0.1) is 13.2 Å². The van der Waals surface area contributed by atoms with Crippen LogP contribution in [0.15, 0.2) is 30.3 Å². The minimum absolute atomic E-state index is 0.0772. The van der Waals surface area contributed by atoms with Gasteiger partial charge in [-0.15, -0.1) is 0 Å². The first kappa shape index (κ1) is 13.5. The summed E-state index contributed by atoms with van der Waals surface area (Å²) in [6.07, 6.45) is 0.672. The monoisotopic (exact) mass is 311 g/mol. The molecule has 1 aliphatic rings. The summed E-state index contributed by atoms with van der Waals surface area (Å²) >= 11 is 12.2. The second kappa shape index (κ2) is 5.15. The van der Waals surface area contributed by atoms with Crippen molar-refractivity contribution in [1.29, 1.82) is 0 Å². The van der Waals surface area contributed by atoms with Crippen molar-refractivity contribution in [2.24, 2.45) is 0 Å². The van der Waals surface area contributed by atoms with Crippen molar-refractivity contribution in [1.82, 2.24) is 0 Å². The average molecular weight is 312 g/mol. The Labute approximate surface area is 126 Å².